The Morgan fingerprint density at radius 3 is 2.53 bits per heavy atom. The molecule has 0 aromatic heterocycles. The van der Waals surface area contributed by atoms with Gasteiger partial charge in [0.2, 0.25) is 0 Å². The Morgan fingerprint density at radius 2 is 2.00 bits per heavy atom. The first-order valence-corrected chi connectivity index (χ1v) is 6.69. The standard InChI is InChI=1S/C15H21NO3/c1-15(19,13-5-3-2-4-6-13)11-16(10-14(17)18)9-12-7-8-12/h2-6,12,19H,7-11H2,1H3,(H,17,18). The van der Waals surface area contributed by atoms with Crippen LogP contribution in [0.4, 0.5) is 0 Å². The summed E-state index contributed by atoms with van der Waals surface area (Å²) < 4.78 is 0. The molecule has 0 aliphatic heterocycles. The monoisotopic (exact) mass is 263 g/mol. The van der Waals surface area contributed by atoms with Crippen LogP contribution in [0.15, 0.2) is 30.3 Å². The molecule has 0 radical (unpaired) electrons. The molecule has 0 bridgehead atoms. The van der Waals surface area contributed by atoms with Crippen molar-refractivity contribution in [3.8, 4) is 0 Å². The van der Waals surface area contributed by atoms with Gasteiger partial charge in [-0.25, -0.2) is 0 Å². The molecular weight excluding hydrogens is 242 g/mol. The zero-order valence-corrected chi connectivity index (χ0v) is 11.2. The first-order valence-electron chi connectivity index (χ1n) is 6.69. The Morgan fingerprint density at radius 1 is 1.37 bits per heavy atom. The van der Waals surface area contributed by atoms with E-state index in [0.717, 1.165) is 12.1 Å². The van der Waals surface area contributed by atoms with Gasteiger partial charge in [-0.1, -0.05) is 30.3 Å². The van der Waals surface area contributed by atoms with Crippen molar-refractivity contribution in [2.24, 2.45) is 5.92 Å². The number of aliphatic hydroxyl groups is 1. The van der Waals surface area contributed by atoms with Crippen LogP contribution in [0.3, 0.4) is 0 Å². The lowest BCUT2D eigenvalue weighted by Crippen LogP contribution is -2.42. The highest BCUT2D eigenvalue weighted by molar-refractivity contribution is 5.69. The lowest BCUT2D eigenvalue weighted by Gasteiger charge is -2.31. The molecular formula is C15H21NO3. The lowest BCUT2D eigenvalue weighted by atomic mass is 9.95. The van der Waals surface area contributed by atoms with Crippen molar-refractivity contribution in [1.29, 1.82) is 0 Å². The summed E-state index contributed by atoms with van der Waals surface area (Å²) >= 11 is 0. The van der Waals surface area contributed by atoms with Gasteiger partial charge in [0.1, 0.15) is 0 Å². The third kappa shape index (κ3) is 4.33. The van der Waals surface area contributed by atoms with Gasteiger partial charge in [0, 0.05) is 13.1 Å². The molecule has 1 unspecified atom stereocenters. The fourth-order valence-corrected chi connectivity index (χ4v) is 2.37. The molecule has 1 aromatic rings. The maximum absolute atomic E-state index is 10.9. The first kappa shape index (κ1) is 14.0. The van der Waals surface area contributed by atoms with E-state index in [2.05, 4.69) is 0 Å². The van der Waals surface area contributed by atoms with E-state index in [0.29, 0.717) is 12.5 Å². The Labute approximate surface area is 113 Å². The van der Waals surface area contributed by atoms with E-state index >= 15 is 0 Å². The second-order valence-electron chi connectivity index (χ2n) is 5.65. The van der Waals surface area contributed by atoms with Crippen molar-refractivity contribution in [3.63, 3.8) is 0 Å². The highest BCUT2D eigenvalue weighted by Crippen LogP contribution is 2.31. The van der Waals surface area contributed by atoms with E-state index in [1.165, 1.54) is 12.8 Å². The van der Waals surface area contributed by atoms with Crippen LogP contribution in [0, 0.1) is 5.92 Å². The predicted octanol–water partition coefficient (Wildman–Crippen LogP) is 1.69. The molecule has 2 rings (SSSR count). The van der Waals surface area contributed by atoms with Crippen molar-refractivity contribution in [2.75, 3.05) is 19.6 Å². The molecule has 0 spiro atoms. The van der Waals surface area contributed by atoms with Crippen LogP contribution < -0.4 is 0 Å². The minimum absolute atomic E-state index is 0.0144. The van der Waals surface area contributed by atoms with Crippen molar-refractivity contribution in [1.82, 2.24) is 4.90 Å². The molecule has 1 atom stereocenters. The Balaban J connectivity index is 2.03. The minimum atomic E-state index is -1.02. The van der Waals surface area contributed by atoms with Crippen molar-refractivity contribution in [3.05, 3.63) is 35.9 Å². The summed E-state index contributed by atoms with van der Waals surface area (Å²) in [6.07, 6.45) is 2.34. The van der Waals surface area contributed by atoms with Crippen LogP contribution in [0.1, 0.15) is 25.3 Å². The second kappa shape index (κ2) is 5.72. The van der Waals surface area contributed by atoms with Gasteiger partial charge < -0.3 is 10.2 Å². The second-order valence-corrected chi connectivity index (χ2v) is 5.65. The Hall–Kier alpha value is -1.39. The smallest absolute Gasteiger partial charge is 0.317 e. The summed E-state index contributed by atoms with van der Waals surface area (Å²) in [4.78, 5) is 12.8. The topological polar surface area (TPSA) is 60.8 Å². The zero-order valence-electron chi connectivity index (χ0n) is 11.2. The van der Waals surface area contributed by atoms with E-state index in [1.807, 2.05) is 35.2 Å². The predicted molar refractivity (Wildman–Crippen MR) is 72.8 cm³/mol. The number of rotatable bonds is 7. The van der Waals surface area contributed by atoms with Gasteiger partial charge in [-0.3, -0.25) is 9.69 Å². The molecule has 0 heterocycles. The van der Waals surface area contributed by atoms with Crippen LogP contribution in [-0.4, -0.2) is 40.7 Å². The summed E-state index contributed by atoms with van der Waals surface area (Å²) in [7, 11) is 0. The molecule has 1 fully saturated rings. The summed E-state index contributed by atoms with van der Waals surface area (Å²) in [6, 6.07) is 9.41. The van der Waals surface area contributed by atoms with Crippen LogP contribution in [0.2, 0.25) is 0 Å². The van der Waals surface area contributed by atoms with E-state index in [-0.39, 0.29) is 6.54 Å². The molecule has 4 nitrogen and oxygen atoms in total. The van der Waals surface area contributed by atoms with E-state index in [1.54, 1.807) is 6.92 Å². The third-order valence-corrected chi connectivity index (χ3v) is 3.50. The molecule has 1 aliphatic rings. The minimum Gasteiger partial charge on any atom is -0.480 e. The Kier molecular flexibility index (Phi) is 4.22. The normalized spacial score (nSPS) is 18.3. The molecule has 4 heteroatoms. The van der Waals surface area contributed by atoms with Crippen LogP contribution in [0.25, 0.3) is 0 Å². The third-order valence-electron chi connectivity index (χ3n) is 3.50. The summed E-state index contributed by atoms with van der Waals surface area (Å²) in [5, 5.41) is 19.5. The Bertz CT molecular complexity index is 426. The van der Waals surface area contributed by atoms with Crippen LogP contribution in [-0.2, 0) is 10.4 Å². The molecule has 104 valence electrons. The molecule has 1 aromatic carbocycles. The number of carbonyl (C=O) groups is 1. The fraction of sp³-hybridized carbons (Fsp3) is 0.533. The molecule has 1 aliphatic carbocycles. The highest BCUT2D eigenvalue weighted by atomic mass is 16.4. The van der Waals surface area contributed by atoms with Gasteiger partial charge in [0.05, 0.1) is 12.1 Å². The fourth-order valence-electron chi connectivity index (χ4n) is 2.37. The summed E-state index contributed by atoms with van der Waals surface area (Å²) in [5.41, 5.74) is -0.202. The van der Waals surface area contributed by atoms with E-state index < -0.39 is 11.6 Å². The van der Waals surface area contributed by atoms with E-state index in [4.69, 9.17) is 5.11 Å². The molecule has 2 N–H and O–H groups in total. The number of carboxylic acids is 1. The number of carboxylic acid groups (broad SMARTS) is 1. The van der Waals surface area contributed by atoms with Gasteiger partial charge in [0.15, 0.2) is 0 Å². The highest BCUT2D eigenvalue weighted by Gasteiger charge is 2.31. The van der Waals surface area contributed by atoms with E-state index in [9.17, 15) is 9.90 Å². The molecule has 0 saturated heterocycles. The van der Waals surface area contributed by atoms with Gasteiger partial charge in [-0.15, -0.1) is 0 Å². The maximum Gasteiger partial charge on any atom is 0.317 e. The SMILES string of the molecule is CC(O)(CN(CC(=O)O)CC1CC1)c1ccccc1. The number of aliphatic carboxylic acids is 1. The van der Waals surface area contributed by atoms with Crippen LogP contribution >= 0.6 is 0 Å². The van der Waals surface area contributed by atoms with Crippen molar-refractivity contribution in [2.45, 2.75) is 25.4 Å². The molecule has 0 amide bonds. The van der Waals surface area contributed by atoms with Gasteiger partial charge in [0.25, 0.3) is 0 Å². The lowest BCUT2D eigenvalue weighted by molar-refractivity contribution is -0.139. The zero-order chi connectivity index (χ0) is 13.9. The van der Waals surface area contributed by atoms with Gasteiger partial charge >= 0.3 is 5.97 Å². The van der Waals surface area contributed by atoms with Gasteiger partial charge in [-0.05, 0) is 31.2 Å². The number of hydrogen-bond donors (Lipinski definition) is 2. The van der Waals surface area contributed by atoms with Crippen molar-refractivity contribution >= 4 is 5.97 Å². The number of benzene rings is 1. The number of nitrogens with zero attached hydrogens (tertiary/aromatic N) is 1. The average Bonchev–Trinajstić information content (AvgIpc) is 3.12. The first-order chi connectivity index (χ1) is 8.97. The van der Waals surface area contributed by atoms with Gasteiger partial charge in [-0.2, -0.15) is 0 Å². The molecule has 19 heavy (non-hydrogen) atoms. The average molecular weight is 263 g/mol. The quantitative estimate of drug-likeness (QED) is 0.786. The van der Waals surface area contributed by atoms with Crippen molar-refractivity contribution < 1.29 is 15.0 Å². The summed E-state index contributed by atoms with van der Waals surface area (Å²) in [5.74, 6) is -0.240. The maximum atomic E-state index is 10.9. The largest absolute Gasteiger partial charge is 0.480 e. The molecule has 1 saturated carbocycles. The summed E-state index contributed by atoms with van der Waals surface area (Å²) in [6.45, 7) is 2.83. The number of hydrogen-bond acceptors (Lipinski definition) is 3. The van der Waals surface area contributed by atoms with Crippen LogP contribution in [0.5, 0.6) is 0 Å².